The average molecular weight is 186 g/mol. The molecule has 14 heavy (non-hydrogen) atoms. The van der Waals surface area contributed by atoms with E-state index in [-0.39, 0.29) is 6.10 Å². The molecule has 0 N–H and O–H groups in total. The van der Waals surface area contributed by atoms with Gasteiger partial charge in [-0.05, 0) is 18.6 Å². The lowest BCUT2D eigenvalue weighted by Gasteiger charge is -2.25. The molecule has 0 saturated heterocycles. The van der Waals surface area contributed by atoms with Crippen molar-refractivity contribution < 1.29 is 4.74 Å². The maximum absolute atomic E-state index is 5.73. The van der Waals surface area contributed by atoms with E-state index in [1.165, 1.54) is 11.1 Å². The third kappa shape index (κ3) is 1.58. The zero-order valence-corrected chi connectivity index (χ0v) is 8.36. The van der Waals surface area contributed by atoms with Crippen LogP contribution in [0.5, 0.6) is 5.75 Å². The third-order valence-electron chi connectivity index (χ3n) is 2.39. The summed E-state index contributed by atoms with van der Waals surface area (Å²) in [6, 6.07) is 8.15. The maximum Gasteiger partial charge on any atom is 0.127 e. The first kappa shape index (κ1) is 9.07. The fourth-order valence-corrected chi connectivity index (χ4v) is 1.81. The molecule has 2 rings (SSSR count). The summed E-state index contributed by atoms with van der Waals surface area (Å²) >= 11 is 0. The number of fused-ring (bicyclic) bond motifs is 1. The summed E-state index contributed by atoms with van der Waals surface area (Å²) in [5, 5.41) is 0. The number of para-hydroxylation sites is 1. The molecular formula is C13H14O. The molecule has 1 aliphatic heterocycles. The Labute approximate surface area is 84.7 Å². The molecule has 1 aromatic carbocycles. The molecule has 1 nitrogen and oxygen atoms in total. The van der Waals surface area contributed by atoms with E-state index in [1.807, 2.05) is 24.3 Å². The van der Waals surface area contributed by atoms with Crippen LogP contribution >= 0.6 is 0 Å². The summed E-state index contributed by atoms with van der Waals surface area (Å²) in [4.78, 5) is 0. The van der Waals surface area contributed by atoms with Gasteiger partial charge in [0.25, 0.3) is 0 Å². The Hall–Kier alpha value is -1.50. The fraction of sp³-hybridized carbons (Fsp3) is 0.231. The Morgan fingerprint density at radius 3 is 3.00 bits per heavy atom. The number of ether oxygens (including phenoxy) is 1. The van der Waals surface area contributed by atoms with Crippen LogP contribution in [0.3, 0.4) is 0 Å². The molecule has 0 saturated carbocycles. The molecule has 1 heteroatoms. The first-order valence-electron chi connectivity index (χ1n) is 4.89. The summed E-state index contributed by atoms with van der Waals surface area (Å²) in [5.74, 6) is 0.986. The van der Waals surface area contributed by atoms with Gasteiger partial charge in [0.15, 0.2) is 0 Å². The highest BCUT2D eigenvalue weighted by molar-refractivity contribution is 5.73. The van der Waals surface area contributed by atoms with Gasteiger partial charge in [-0.3, -0.25) is 0 Å². The first-order valence-corrected chi connectivity index (χ1v) is 4.89. The highest BCUT2D eigenvalue weighted by Gasteiger charge is 2.18. The molecule has 1 aliphatic rings. The van der Waals surface area contributed by atoms with Gasteiger partial charge < -0.3 is 4.74 Å². The Balaban J connectivity index is 2.48. The third-order valence-corrected chi connectivity index (χ3v) is 2.39. The topological polar surface area (TPSA) is 9.23 Å². The molecule has 0 aliphatic carbocycles. The minimum atomic E-state index is 0.260. The van der Waals surface area contributed by atoms with Gasteiger partial charge in [0.1, 0.15) is 5.75 Å². The Bertz CT molecular complexity index is 377. The maximum atomic E-state index is 5.73. The zero-order chi connectivity index (χ0) is 9.97. The lowest BCUT2D eigenvalue weighted by Crippen LogP contribution is -2.17. The molecule has 1 heterocycles. The minimum Gasteiger partial charge on any atom is -0.490 e. The van der Waals surface area contributed by atoms with E-state index in [0.717, 1.165) is 12.2 Å². The van der Waals surface area contributed by atoms with E-state index in [4.69, 9.17) is 4.74 Å². The zero-order valence-electron chi connectivity index (χ0n) is 8.36. The van der Waals surface area contributed by atoms with Crippen molar-refractivity contribution in [2.24, 2.45) is 0 Å². The standard InChI is InChI=1S/C13H14O/c1-3-6-11-9-10(2)14-13-8-5-4-7-12(11)13/h3-8,10H,1,9H2,2H3/b11-6+. The van der Waals surface area contributed by atoms with Gasteiger partial charge in [0.05, 0.1) is 6.10 Å². The average Bonchev–Trinajstić information content (AvgIpc) is 2.18. The molecule has 72 valence electrons. The van der Waals surface area contributed by atoms with Gasteiger partial charge in [-0.15, -0.1) is 0 Å². The van der Waals surface area contributed by atoms with Crippen molar-refractivity contribution in [2.45, 2.75) is 19.4 Å². The van der Waals surface area contributed by atoms with Crippen molar-refractivity contribution in [3.8, 4) is 5.75 Å². The van der Waals surface area contributed by atoms with Gasteiger partial charge >= 0.3 is 0 Å². The predicted molar refractivity (Wildman–Crippen MR) is 59.3 cm³/mol. The number of hydrogen-bond donors (Lipinski definition) is 0. The van der Waals surface area contributed by atoms with Crippen molar-refractivity contribution in [3.05, 3.63) is 48.6 Å². The Morgan fingerprint density at radius 1 is 1.43 bits per heavy atom. The second-order valence-electron chi connectivity index (χ2n) is 3.56. The monoisotopic (exact) mass is 186 g/mol. The number of hydrogen-bond acceptors (Lipinski definition) is 1. The van der Waals surface area contributed by atoms with Gasteiger partial charge in [-0.1, -0.05) is 36.9 Å². The Morgan fingerprint density at radius 2 is 2.21 bits per heavy atom. The van der Waals surface area contributed by atoms with E-state index < -0.39 is 0 Å². The van der Waals surface area contributed by atoms with Crippen LogP contribution in [0.1, 0.15) is 18.9 Å². The highest BCUT2D eigenvalue weighted by atomic mass is 16.5. The molecule has 1 aromatic rings. The van der Waals surface area contributed by atoms with Gasteiger partial charge in [0, 0.05) is 12.0 Å². The summed E-state index contributed by atoms with van der Waals surface area (Å²) in [6.45, 7) is 5.83. The van der Waals surface area contributed by atoms with E-state index in [1.54, 1.807) is 0 Å². The largest absolute Gasteiger partial charge is 0.490 e. The lowest BCUT2D eigenvalue weighted by atomic mass is 9.96. The molecule has 1 atom stereocenters. The second kappa shape index (κ2) is 3.70. The van der Waals surface area contributed by atoms with Gasteiger partial charge in [0.2, 0.25) is 0 Å². The number of allylic oxidation sites excluding steroid dienone is 2. The molecule has 0 amide bonds. The van der Waals surface area contributed by atoms with Crippen LogP contribution in [0.15, 0.2) is 43.0 Å². The summed E-state index contributed by atoms with van der Waals surface area (Å²) < 4.78 is 5.73. The van der Waals surface area contributed by atoms with Crippen LogP contribution in [0.4, 0.5) is 0 Å². The van der Waals surface area contributed by atoms with E-state index in [0.29, 0.717) is 0 Å². The van der Waals surface area contributed by atoms with Crippen LogP contribution in [-0.2, 0) is 0 Å². The lowest BCUT2D eigenvalue weighted by molar-refractivity contribution is 0.218. The van der Waals surface area contributed by atoms with Crippen LogP contribution in [0, 0.1) is 0 Å². The minimum absolute atomic E-state index is 0.260. The van der Waals surface area contributed by atoms with Gasteiger partial charge in [-0.25, -0.2) is 0 Å². The molecule has 0 spiro atoms. The highest BCUT2D eigenvalue weighted by Crippen LogP contribution is 2.34. The molecule has 0 fully saturated rings. The normalized spacial score (nSPS) is 22.6. The van der Waals surface area contributed by atoms with Crippen LogP contribution in [0.25, 0.3) is 5.57 Å². The predicted octanol–water partition coefficient (Wildman–Crippen LogP) is 3.43. The van der Waals surface area contributed by atoms with Crippen molar-refractivity contribution in [1.82, 2.24) is 0 Å². The molecule has 0 radical (unpaired) electrons. The van der Waals surface area contributed by atoms with Crippen molar-refractivity contribution in [3.63, 3.8) is 0 Å². The molecular weight excluding hydrogens is 172 g/mol. The van der Waals surface area contributed by atoms with Crippen molar-refractivity contribution in [2.75, 3.05) is 0 Å². The molecule has 0 aromatic heterocycles. The summed E-state index contributed by atoms with van der Waals surface area (Å²) in [7, 11) is 0. The SMILES string of the molecule is C=C/C=C1\CC(C)Oc2ccccc21. The van der Waals surface area contributed by atoms with E-state index >= 15 is 0 Å². The van der Waals surface area contributed by atoms with Gasteiger partial charge in [-0.2, -0.15) is 0 Å². The molecule has 1 unspecified atom stereocenters. The Kier molecular flexibility index (Phi) is 2.40. The van der Waals surface area contributed by atoms with E-state index in [2.05, 4.69) is 25.6 Å². The first-order chi connectivity index (χ1) is 6.81. The number of rotatable bonds is 1. The summed E-state index contributed by atoms with van der Waals surface area (Å²) in [6.07, 6.45) is 5.13. The van der Waals surface area contributed by atoms with E-state index in [9.17, 15) is 0 Å². The smallest absolute Gasteiger partial charge is 0.127 e. The van der Waals surface area contributed by atoms with Crippen molar-refractivity contribution in [1.29, 1.82) is 0 Å². The second-order valence-corrected chi connectivity index (χ2v) is 3.56. The quantitative estimate of drug-likeness (QED) is 0.653. The summed E-state index contributed by atoms with van der Waals surface area (Å²) in [5.41, 5.74) is 2.51. The van der Waals surface area contributed by atoms with Crippen LogP contribution < -0.4 is 4.74 Å². The van der Waals surface area contributed by atoms with Crippen molar-refractivity contribution >= 4 is 5.57 Å². The number of benzene rings is 1. The molecule has 0 bridgehead atoms. The van der Waals surface area contributed by atoms with Crippen LogP contribution in [0.2, 0.25) is 0 Å². The van der Waals surface area contributed by atoms with Crippen LogP contribution in [-0.4, -0.2) is 6.10 Å². The fourth-order valence-electron chi connectivity index (χ4n) is 1.81.